The van der Waals surface area contributed by atoms with E-state index >= 15 is 0 Å². The minimum atomic E-state index is -0.551. The third kappa shape index (κ3) is 4.69. The average molecular weight is 304 g/mol. The van der Waals surface area contributed by atoms with Crippen molar-refractivity contribution in [3.05, 3.63) is 36.4 Å². The highest BCUT2D eigenvalue weighted by Crippen LogP contribution is 2.23. The second-order valence-electron chi connectivity index (χ2n) is 5.17. The first kappa shape index (κ1) is 16.2. The summed E-state index contributed by atoms with van der Waals surface area (Å²) in [6, 6.07) is 3.90. The summed E-state index contributed by atoms with van der Waals surface area (Å²) in [7, 11) is 0. The van der Waals surface area contributed by atoms with Gasteiger partial charge < -0.3 is 9.84 Å². The lowest BCUT2D eigenvalue weighted by Gasteiger charge is -2.06. The van der Waals surface area contributed by atoms with Crippen LogP contribution in [0.4, 0.5) is 4.39 Å². The van der Waals surface area contributed by atoms with Crippen molar-refractivity contribution < 1.29 is 14.2 Å². The van der Waals surface area contributed by atoms with E-state index in [1.807, 2.05) is 0 Å². The normalized spacial score (nSPS) is 10.6. The number of halogens is 1. The fourth-order valence-electron chi connectivity index (χ4n) is 2.11. The van der Waals surface area contributed by atoms with Crippen LogP contribution in [0, 0.1) is 5.82 Å². The number of rotatable bonds is 8. The number of hydrogen-bond acceptors (Lipinski definition) is 4. The summed E-state index contributed by atoms with van der Waals surface area (Å²) < 4.78 is 19.3. The van der Waals surface area contributed by atoms with Crippen molar-refractivity contribution in [3.63, 3.8) is 0 Å². The Hall–Kier alpha value is -2.17. The van der Waals surface area contributed by atoms with Crippen LogP contribution in [0.25, 0.3) is 11.4 Å². The zero-order valence-electron chi connectivity index (χ0n) is 12.8. The Bertz CT molecular complexity index is 588. The molecule has 1 heterocycles. The molecule has 0 fully saturated rings. The van der Waals surface area contributed by atoms with Gasteiger partial charge in [0, 0.05) is 6.07 Å². The van der Waals surface area contributed by atoms with Gasteiger partial charge in [-0.3, -0.25) is 0 Å². The lowest BCUT2D eigenvalue weighted by molar-refractivity contribution is 0.302. The lowest BCUT2D eigenvalue weighted by atomic mass is 10.2. The van der Waals surface area contributed by atoms with E-state index in [-0.39, 0.29) is 17.1 Å². The zero-order chi connectivity index (χ0) is 15.8. The largest absolute Gasteiger partial charge is 0.508 e. The summed E-state index contributed by atoms with van der Waals surface area (Å²) in [6.07, 6.45) is 8.97. The zero-order valence-corrected chi connectivity index (χ0v) is 12.8. The molecule has 0 spiro atoms. The van der Waals surface area contributed by atoms with Crippen LogP contribution in [-0.4, -0.2) is 21.7 Å². The number of unbranched alkanes of at least 4 members (excludes halogenated alkanes) is 4. The molecule has 0 saturated carbocycles. The number of aromatic nitrogens is 2. The van der Waals surface area contributed by atoms with Crippen molar-refractivity contribution >= 4 is 0 Å². The first-order valence-corrected chi connectivity index (χ1v) is 7.64. The predicted molar refractivity (Wildman–Crippen MR) is 83.3 cm³/mol. The Morgan fingerprint density at radius 1 is 1.09 bits per heavy atom. The second kappa shape index (κ2) is 8.32. The van der Waals surface area contributed by atoms with Crippen molar-refractivity contribution in [3.8, 4) is 22.9 Å². The highest BCUT2D eigenvalue weighted by Gasteiger charge is 2.09. The molecule has 22 heavy (non-hydrogen) atoms. The molecule has 0 radical (unpaired) electrons. The predicted octanol–water partition coefficient (Wildman–Crippen LogP) is 4.34. The maximum atomic E-state index is 13.7. The standard InChI is InChI=1S/C17H21FN2O2/c1-2-3-4-5-6-9-22-14-11-19-17(20-12-14)15-8-7-13(21)10-16(15)18/h7-8,10-12,21H,2-6,9H2,1H3. The van der Waals surface area contributed by atoms with E-state index in [2.05, 4.69) is 16.9 Å². The summed E-state index contributed by atoms with van der Waals surface area (Å²) >= 11 is 0. The van der Waals surface area contributed by atoms with Crippen molar-refractivity contribution in [1.82, 2.24) is 9.97 Å². The highest BCUT2D eigenvalue weighted by molar-refractivity contribution is 5.57. The third-order valence-electron chi connectivity index (χ3n) is 3.34. The summed E-state index contributed by atoms with van der Waals surface area (Å²) in [5, 5.41) is 9.20. The lowest BCUT2D eigenvalue weighted by Crippen LogP contribution is -1.99. The number of hydrogen-bond donors (Lipinski definition) is 1. The number of benzene rings is 1. The molecule has 1 aromatic heterocycles. The summed E-state index contributed by atoms with van der Waals surface area (Å²) in [6.45, 7) is 2.83. The first-order valence-electron chi connectivity index (χ1n) is 7.64. The van der Waals surface area contributed by atoms with Crippen LogP contribution in [-0.2, 0) is 0 Å². The monoisotopic (exact) mass is 304 g/mol. The van der Waals surface area contributed by atoms with Crippen LogP contribution in [0.2, 0.25) is 0 Å². The fraction of sp³-hybridized carbons (Fsp3) is 0.412. The minimum Gasteiger partial charge on any atom is -0.508 e. The fourth-order valence-corrected chi connectivity index (χ4v) is 2.11. The topological polar surface area (TPSA) is 55.2 Å². The number of nitrogens with zero attached hydrogens (tertiary/aromatic N) is 2. The Morgan fingerprint density at radius 3 is 2.50 bits per heavy atom. The quantitative estimate of drug-likeness (QED) is 0.737. The van der Waals surface area contributed by atoms with Crippen molar-refractivity contribution in [2.75, 3.05) is 6.61 Å². The van der Waals surface area contributed by atoms with Crippen molar-refractivity contribution in [2.24, 2.45) is 0 Å². The molecule has 0 aliphatic heterocycles. The van der Waals surface area contributed by atoms with E-state index in [4.69, 9.17) is 4.74 Å². The van der Waals surface area contributed by atoms with E-state index in [1.54, 1.807) is 12.4 Å². The van der Waals surface area contributed by atoms with Gasteiger partial charge in [0.2, 0.25) is 0 Å². The van der Waals surface area contributed by atoms with Gasteiger partial charge in [-0.15, -0.1) is 0 Å². The van der Waals surface area contributed by atoms with Gasteiger partial charge in [-0.2, -0.15) is 0 Å². The molecular formula is C17H21FN2O2. The molecule has 0 amide bonds. The number of phenols is 1. The van der Waals surface area contributed by atoms with E-state index < -0.39 is 5.82 Å². The molecule has 4 nitrogen and oxygen atoms in total. The Labute approximate surface area is 130 Å². The average Bonchev–Trinajstić information content (AvgIpc) is 2.52. The molecule has 0 aliphatic rings. The third-order valence-corrected chi connectivity index (χ3v) is 3.34. The Morgan fingerprint density at radius 2 is 1.82 bits per heavy atom. The summed E-state index contributed by atoms with van der Waals surface area (Å²) in [4.78, 5) is 8.22. The van der Waals surface area contributed by atoms with Gasteiger partial charge >= 0.3 is 0 Å². The molecule has 0 unspecified atom stereocenters. The van der Waals surface area contributed by atoms with Gasteiger partial charge in [-0.05, 0) is 18.6 Å². The minimum absolute atomic E-state index is 0.121. The molecule has 1 aromatic carbocycles. The van der Waals surface area contributed by atoms with Crippen LogP contribution in [0.3, 0.4) is 0 Å². The van der Waals surface area contributed by atoms with Gasteiger partial charge in [-0.25, -0.2) is 14.4 Å². The van der Waals surface area contributed by atoms with E-state index in [0.717, 1.165) is 18.9 Å². The number of aromatic hydroxyl groups is 1. The molecule has 1 N–H and O–H groups in total. The molecule has 0 bridgehead atoms. The van der Waals surface area contributed by atoms with Gasteiger partial charge in [0.1, 0.15) is 11.6 Å². The van der Waals surface area contributed by atoms with Crippen LogP contribution < -0.4 is 4.74 Å². The molecule has 5 heteroatoms. The van der Waals surface area contributed by atoms with Crippen molar-refractivity contribution in [2.45, 2.75) is 39.0 Å². The Kier molecular flexibility index (Phi) is 6.13. The number of phenolic OH excluding ortho intramolecular Hbond substituents is 1. The van der Waals surface area contributed by atoms with Crippen molar-refractivity contribution in [1.29, 1.82) is 0 Å². The van der Waals surface area contributed by atoms with E-state index in [1.165, 1.54) is 31.4 Å². The van der Waals surface area contributed by atoms with E-state index in [9.17, 15) is 9.50 Å². The molecule has 0 atom stereocenters. The van der Waals surface area contributed by atoms with Gasteiger partial charge in [-0.1, -0.05) is 32.6 Å². The molecule has 0 aliphatic carbocycles. The van der Waals surface area contributed by atoms with Crippen LogP contribution >= 0.6 is 0 Å². The Balaban J connectivity index is 1.87. The van der Waals surface area contributed by atoms with Crippen LogP contribution in [0.1, 0.15) is 39.0 Å². The molecule has 0 saturated heterocycles. The maximum absolute atomic E-state index is 13.7. The van der Waals surface area contributed by atoms with E-state index in [0.29, 0.717) is 12.4 Å². The molecule has 118 valence electrons. The van der Waals surface area contributed by atoms with Crippen LogP contribution in [0.5, 0.6) is 11.5 Å². The summed E-state index contributed by atoms with van der Waals surface area (Å²) in [5.74, 6) is 0.181. The second-order valence-corrected chi connectivity index (χ2v) is 5.17. The molecule has 2 rings (SSSR count). The van der Waals surface area contributed by atoms with Crippen LogP contribution in [0.15, 0.2) is 30.6 Å². The first-order chi connectivity index (χ1) is 10.7. The molecular weight excluding hydrogens is 283 g/mol. The SMILES string of the molecule is CCCCCCCOc1cnc(-c2ccc(O)cc2F)nc1. The van der Waals surface area contributed by atoms with Gasteiger partial charge in [0.15, 0.2) is 11.6 Å². The highest BCUT2D eigenvalue weighted by atomic mass is 19.1. The molecule has 2 aromatic rings. The smallest absolute Gasteiger partial charge is 0.162 e. The summed E-state index contributed by atoms with van der Waals surface area (Å²) in [5.41, 5.74) is 0.254. The number of ether oxygens (including phenoxy) is 1. The van der Waals surface area contributed by atoms with Gasteiger partial charge in [0.05, 0.1) is 24.6 Å². The maximum Gasteiger partial charge on any atom is 0.162 e. The van der Waals surface area contributed by atoms with Gasteiger partial charge in [0.25, 0.3) is 0 Å².